The molecule has 3 saturated heterocycles. The zero-order valence-electron chi connectivity index (χ0n) is 13.6. The van der Waals surface area contributed by atoms with Crippen LogP contribution in [0, 0.1) is 5.92 Å². The highest BCUT2D eigenvalue weighted by Gasteiger charge is 2.37. The maximum atomic E-state index is 12.6. The quantitative estimate of drug-likeness (QED) is 0.684. The lowest BCUT2D eigenvalue weighted by Gasteiger charge is -2.36. The normalized spacial score (nSPS) is 24.5. The lowest BCUT2D eigenvalue weighted by atomic mass is 9.95. The van der Waals surface area contributed by atoms with Gasteiger partial charge in [-0.15, -0.1) is 5.10 Å². The number of amides is 2. The number of hydrogen-bond donors (Lipinski definition) is 0. The van der Waals surface area contributed by atoms with Gasteiger partial charge in [0.15, 0.2) is 0 Å². The topological polar surface area (TPSA) is 87.5 Å². The summed E-state index contributed by atoms with van der Waals surface area (Å²) in [7, 11) is 3.55. The maximum Gasteiger partial charge on any atom is 0.244 e. The van der Waals surface area contributed by atoms with E-state index in [1.807, 2.05) is 4.90 Å². The lowest BCUT2D eigenvalue weighted by molar-refractivity contribution is -0.136. The Morgan fingerprint density at radius 3 is 2.70 bits per heavy atom. The molecule has 9 nitrogen and oxygen atoms in total. The second-order valence-electron chi connectivity index (χ2n) is 6.63. The molecule has 4 rings (SSSR count). The molecule has 2 atom stereocenters. The summed E-state index contributed by atoms with van der Waals surface area (Å²) >= 11 is 0. The van der Waals surface area contributed by atoms with E-state index < -0.39 is 0 Å². The van der Waals surface area contributed by atoms with Gasteiger partial charge in [0.1, 0.15) is 12.9 Å². The van der Waals surface area contributed by atoms with Crippen LogP contribution < -0.4 is 0 Å². The van der Waals surface area contributed by atoms with Gasteiger partial charge in [0.25, 0.3) is 0 Å². The van der Waals surface area contributed by atoms with Crippen LogP contribution in [0.25, 0.3) is 0 Å². The molecule has 3 aliphatic heterocycles. The second-order valence-corrected chi connectivity index (χ2v) is 6.63. The number of aromatic nitrogens is 4. The fraction of sp³-hybridized carbons (Fsp3) is 0.786. The lowest BCUT2D eigenvalue weighted by Crippen LogP contribution is -2.49. The fourth-order valence-corrected chi connectivity index (χ4v) is 3.43. The van der Waals surface area contributed by atoms with Crippen LogP contribution in [0.5, 0.6) is 0 Å². The van der Waals surface area contributed by atoms with Crippen molar-refractivity contribution in [3.8, 4) is 0 Å². The summed E-state index contributed by atoms with van der Waals surface area (Å²) in [5.41, 5.74) is 0. The first-order chi connectivity index (χ1) is 11.0. The minimum absolute atomic E-state index is 0.0489. The van der Waals surface area contributed by atoms with E-state index in [0.717, 1.165) is 32.5 Å². The monoisotopic (exact) mass is 321 g/mol. The Labute approximate surface area is 135 Å². The molecule has 2 bridgehead atoms. The Bertz CT molecular complexity index is 559. The van der Waals surface area contributed by atoms with Crippen molar-refractivity contribution in [2.75, 3.05) is 40.3 Å². The van der Waals surface area contributed by atoms with Gasteiger partial charge in [-0.2, -0.15) is 0 Å². The van der Waals surface area contributed by atoms with E-state index in [1.54, 1.807) is 19.0 Å². The highest BCUT2D eigenvalue weighted by atomic mass is 16.2. The van der Waals surface area contributed by atoms with Gasteiger partial charge in [0.2, 0.25) is 11.8 Å². The molecule has 0 unspecified atom stereocenters. The average molecular weight is 321 g/mol. The van der Waals surface area contributed by atoms with E-state index in [-0.39, 0.29) is 24.4 Å². The summed E-state index contributed by atoms with van der Waals surface area (Å²) in [6, 6.07) is 0.174. The molecular weight excluding hydrogens is 298 g/mol. The van der Waals surface area contributed by atoms with Crippen molar-refractivity contribution >= 4 is 11.8 Å². The van der Waals surface area contributed by atoms with E-state index in [0.29, 0.717) is 12.5 Å². The van der Waals surface area contributed by atoms with Crippen molar-refractivity contribution in [3.05, 3.63) is 6.33 Å². The molecule has 3 fully saturated rings. The molecule has 2 amide bonds. The third-order valence-corrected chi connectivity index (χ3v) is 4.66. The minimum Gasteiger partial charge on any atom is -0.348 e. The first-order valence-electron chi connectivity index (χ1n) is 7.95. The van der Waals surface area contributed by atoms with E-state index in [2.05, 4.69) is 20.4 Å². The molecule has 3 aliphatic rings. The van der Waals surface area contributed by atoms with Crippen LogP contribution in [-0.4, -0.2) is 93.0 Å². The second kappa shape index (κ2) is 6.61. The van der Waals surface area contributed by atoms with Crippen LogP contribution in [0.4, 0.5) is 0 Å². The van der Waals surface area contributed by atoms with Gasteiger partial charge in [0, 0.05) is 39.8 Å². The standard InChI is InChI=1S/C14H23N7O2/c1-18(2)13(22)8-19-5-11-3-4-12(7-19)21(6-11)14(23)9-20-10-15-16-17-20/h10-12H,3-9H2,1-2H3/t11-,12+/m0/s1. The summed E-state index contributed by atoms with van der Waals surface area (Å²) < 4.78 is 1.45. The number of fused-ring (bicyclic) bond motifs is 4. The van der Waals surface area contributed by atoms with E-state index in [9.17, 15) is 9.59 Å². The molecule has 0 N–H and O–H groups in total. The molecule has 0 aromatic carbocycles. The Kier molecular flexibility index (Phi) is 4.56. The Morgan fingerprint density at radius 2 is 2.00 bits per heavy atom. The summed E-state index contributed by atoms with van der Waals surface area (Å²) in [5, 5.41) is 10.9. The van der Waals surface area contributed by atoms with Crippen molar-refractivity contribution in [1.82, 2.24) is 34.9 Å². The van der Waals surface area contributed by atoms with Crippen LogP contribution in [0.2, 0.25) is 0 Å². The maximum absolute atomic E-state index is 12.6. The summed E-state index contributed by atoms with van der Waals surface area (Å²) in [6.07, 6.45) is 3.57. The molecule has 0 spiro atoms. The van der Waals surface area contributed by atoms with E-state index >= 15 is 0 Å². The van der Waals surface area contributed by atoms with Crippen LogP contribution in [0.3, 0.4) is 0 Å². The number of carbonyl (C=O) groups is 2. The van der Waals surface area contributed by atoms with Crippen molar-refractivity contribution in [3.63, 3.8) is 0 Å². The van der Waals surface area contributed by atoms with Gasteiger partial charge >= 0.3 is 0 Å². The number of tetrazole rings is 1. The van der Waals surface area contributed by atoms with Crippen LogP contribution in [-0.2, 0) is 16.1 Å². The van der Waals surface area contributed by atoms with Crippen LogP contribution in [0.15, 0.2) is 6.33 Å². The first-order valence-corrected chi connectivity index (χ1v) is 7.95. The van der Waals surface area contributed by atoms with Gasteiger partial charge in [-0.1, -0.05) is 0 Å². The predicted molar refractivity (Wildman–Crippen MR) is 81.2 cm³/mol. The van der Waals surface area contributed by atoms with Crippen LogP contribution >= 0.6 is 0 Å². The minimum atomic E-state index is 0.0489. The number of rotatable bonds is 4. The van der Waals surface area contributed by atoms with Crippen LogP contribution in [0.1, 0.15) is 12.8 Å². The highest BCUT2D eigenvalue weighted by molar-refractivity contribution is 5.78. The number of likely N-dealkylation sites (N-methyl/N-ethyl adjacent to an activating group) is 1. The molecule has 9 heteroatoms. The van der Waals surface area contributed by atoms with Gasteiger partial charge in [-0.3, -0.25) is 14.5 Å². The van der Waals surface area contributed by atoms with Crippen molar-refractivity contribution in [2.24, 2.45) is 5.92 Å². The molecule has 0 aliphatic carbocycles. The highest BCUT2D eigenvalue weighted by Crippen LogP contribution is 2.28. The largest absolute Gasteiger partial charge is 0.348 e. The molecular formula is C14H23N7O2. The smallest absolute Gasteiger partial charge is 0.244 e. The van der Waals surface area contributed by atoms with E-state index in [4.69, 9.17) is 0 Å². The molecule has 126 valence electrons. The summed E-state index contributed by atoms with van der Waals surface area (Å²) in [5.74, 6) is 0.590. The van der Waals surface area contributed by atoms with E-state index in [1.165, 1.54) is 11.0 Å². The Hall–Kier alpha value is -2.03. The average Bonchev–Trinajstić information content (AvgIpc) is 2.86. The number of hydrogen-bond acceptors (Lipinski definition) is 6. The molecule has 0 saturated carbocycles. The molecule has 23 heavy (non-hydrogen) atoms. The molecule has 1 aromatic rings. The van der Waals surface area contributed by atoms with Gasteiger partial charge in [0.05, 0.1) is 6.54 Å². The molecule has 1 aromatic heterocycles. The number of nitrogens with zero attached hydrogens (tertiary/aromatic N) is 7. The van der Waals surface area contributed by atoms with Gasteiger partial charge in [-0.25, -0.2) is 4.68 Å². The fourth-order valence-electron chi connectivity index (χ4n) is 3.43. The summed E-state index contributed by atoms with van der Waals surface area (Å²) in [4.78, 5) is 30.3. The van der Waals surface area contributed by atoms with Crippen molar-refractivity contribution in [2.45, 2.75) is 25.4 Å². The first kappa shape index (κ1) is 15.9. The third kappa shape index (κ3) is 3.66. The number of piperidine rings is 1. The Morgan fingerprint density at radius 1 is 1.17 bits per heavy atom. The SMILES string of the molecule is CN(C)C(=O)CN1C[C@@H]2CC[C@H](C1)N(C(=O)Cn1cnnn1)C2. The zero-order valence-corrected chi connectivity index (χ0v) is 13.6. The Balaban J connectivity index is 1.64. The summed E-state index contributed by atoms with van der Waals surface area (Å²) in [6.45, 7) is 3.00. The third-order valence-electron chi connectivity index (χ3n) is 4.66. The van der Waals surface area contributed by atoms with Crippen molar-refractivity contribution < 1.29 is 9.59 Å². The van der Waals surface area contributed by atoms with Gasteiger partial charge < -0.3 is 9.80 Å². The van der Waals surface area contributed by atoms with Gasteiger partial charge in [-0.05, 0) is 29.2 Å². The van der Waals surface area contributed by atoms with Crippen molar-refractivity contribution in [1.29, 1.82) is 0 Å². The molecule has 4 heterocycles. The number of carbonyl (C=O) groups excluding carboxylic acids is 2. The predicted octanol–water partition coefficient (Wildman–Crippen LogP) is -1.32. The zero-order chi connectivity index (χ0) is 16.4. The molecule has 0 radical (unpaired) electrons.